The van der Waals surface area contributed by atoms with Crippen molar-refractivity contribution in [3.05, 3.63) is 63.6 Å². The highest BCUT2D eigenvalue weighted by atomic mass is 16.5. The van der Waals surface area contributed by atoms with Crippen molar-refractivity contribution in [1.29, 1.82) is 0 Å². The maximum absolute atomic E-state index is 12.3. The summed E-state index contributed by atoms with van der Waals surface area (Å²) in [5.41, 5.74) is 2.01. The Bertz CT molecular complexity index is 707. The molecule has 0 saturated heterocycles. The predicted molar refractivity (Wildman–Crippen MR) is 80.6 cm³/mol. The predicted octanol–water partition coefficient (Wildman–Crippen LogP) is 1.96. The van der Waals surface area contributed by atoms with Crippen molar-refractivity contribution >= 4 is 5.91 Å². The molecule has 2 aromatic rings. The van der Waals surface area contributed by atoms with Crippen molar-refractivity contribution in [2.45, 2.75) is 13.5 Å². The number of amides is 1. The topological polar surface area (TPSA) is 62.4 Å². The number of nitrogens with zero attached hydrogens (tertiary/aromatic N) is 1. The SMILES string of the molecule is COc1ccc(C)cc1CN(C)C(=O)c1cccc(=O)[nH]1. The third-order valence-electron chi connectivity index (χ3n) is 3.19. The van der Waals surface area contributed by atoms with E-state index in [-0.39, 0.29) is 17.2 Å². The molecular formula is C16H18N2O3. The van der Waals surface area contributed by atoms with E-state index in [1.807, 2.05) is 25.1 Å². The number of aromatic nitrogens is 1. The zero-order valence-electron chi connectivity index (χ0n) is 12.3. The van der Waals surface area contributed by atoms with Gasteiger partial charge in [-0.15, -0.1) is 0 Å². The lowest BCUT2D eigenvalue weighted by molar-refractivity contribution is 0.0778. The summed E-state index contributed by atoms with van der Waals surface area (Å²) in [6, 6.07) is 10.4. The standard InChI is InChI=1S/C16H18N2O3/c1-11-7-8-14(21-3)12(9-11)10-18(2)16(20)13-5-4-6-15(19)17-13/h4-9H,10H2,1-3H3,(H,17,19). The summed E-state index contributed by atoms with van der Waals surface area (Å²) >= 11 is 0. The first-order chi connectivity index (χ1) is 10.0. The van der Waals surface area contributed by atoms with Crippen LogP contribution in [0.1, 0.15) is 21.6 Å². The van der Waals surface area contributed by atoms with Crippen molar-refractivity contribution in [3.8, 4) is 5.75 Å². The molecular weight excluding hydrogens is 268 g/mol. The van der Waals surface area contributed by atoms with Crippen LogP contribution in [0, 0.1) is 6.92 Å². The fourth-order valence-corrected chi connectivity index (χ4v) is 2.14. The molecule has 0 saturated carbocycles. The highest BCUT2D eigenvalue weighted by molar-refractivity contribution is 5.92. The number of carbonyl (C=O) groups excluding carboxylic acids is 1. The van der Waals surface area contributed by atoms with Crippen LogP contribution in [0.15, 0.2) is 41.2 Å². The first-order valence-electron chi connectivity index (χ1n) is 6.59. The van der Waals surface area contributed by atoms with Gasteiger partial charge in [-0.25, -0.2) is 0 Å². The third-order valence-corrected chi connectivity index (χ3v) is 3.19. The van der Waals surface area contributed by atoms with Gasteiger partial charge in [0.25, 0.3) is 5.91 Å². The Balaban J connectivity index is 2.21. The summed E-state index contributed by atoms with van der Waals surface area (Å²) in [5.74, 6) is 0.498. The molecule has 1 amide bonds. The van der Waals surface area contributed by atoms with Gasteiger partial charge in [-0.1, -0.05) is 23.8 Å². The van der Waals surface area contributed by atoms with Gasteiger partial charge >= 0.3 is 0 Å². The number of hydrogen-bond acceptors (Lipinski definition) is 3. The van der Waals surface area contributed by atoms with Crippen molar-refractivity contribution in [3.63, 3.8) is 0 Å². The summed E-state index contributed by atoms with van der Waals surface area (Å²) in [6.07, 6.45) is 0. The van der Waals surface area contributed by atoms with Crippen molar-refractivity contribution < 1.29 is 9.53 Å². The molecule has 0 radical (unpaired) electrons. The summed E-state index contributed by atoms with van der Waals surface area (Å²) in [6.45, 7) is 2.39. The van der Waals surface area contributed by atoms with E-state index < -0.39 is 0 Å². The van der Waals surface area contributed by atoms with E-state index in [1.54, 1.807) is 31.2 Å². The molecule has 110 valence electrons. The zero-order valence-corrected chi connectivity index (χ0v) is 12.3. The number of aromatic amines is 1. The maximum Gasteiger partial charge on any atom is 0.270 e. The first kappa shape index (κ1) is 14.8. The van der Waals surface area contributed by atoms with Gasteiger partial charge in [0.15, 0.2) is 0 Å². The lowest BCUT2D eigenvalue weighted by atomic mass is 10.1. The number of ether oxygens (including phenoxy) is 1. The Kier molecular flexibility index (Phi) is 4.42. The normalized spacial score (nSPS) is 10.2. The molecule has 0 spiro atoms. The van der Waals surface area contributed by atoms with Gasteiger partial charge in [0.2, 0.25) is 5.56 Å². The molecule has 0 atom stereocenters. The fraction of sp³-hybridized carbons (Fsp3) is 0.250. The summed E-state index contributed by atoms with van der Waals surface area (Å²) in [5, 5.41) is 0. The average molecular weight is 286 g/mol. The van der Waals surface area contributed by atoms with E-state index >= 15 is 0 Å². The molecule has 5 heteroatoms. The minimum Gasteiger partial charge on any atom is -0.496 e. The first-order valence-corrected chi connectivity index (χ1v) is 6.59. The number of pyridine rings is 1. The Morgan fingerprint density at radius 2 is 2.05 bits per heavy atom. The quantitative estimate of drug-likeness (QED) is 0.934. The lowest BCUT2D eigenvalue weighted by Gasteiger charge is -2.19. The Hall–Kier alpha value is -2.56. The molecule has 1 aromatic heterocycles. The van der Waals surface area contributed by atoms with E-state index in [4.69, 9.17) is 4.74 Å². The van der Waals surface area contributed by atoms with Crippen molar-refractivity contribution in [1.82, 2.24) is 9.88 Å². The van der Waals surface area contributed by atoms with Gasteiger partial charge in [-0.05, 0) is 19.1 Å². The molecule has 2 rings (SSSR count). The van der Waals surface area contributed by atoms with E-state index in [0.29, 0.717) is 6.54 Å². The molecule has 5 nitrogen and oxygen atoms in total. The van der Waals surface area contributed by atoms with Crippen LogP contribution in [0.5, 0.6) is 5.75 Å². The number of hydrogen-bond donors (Lipinski definition) is 1. The van der Waals surface area contributed by atoms with Crippen LogP contribution >= 0.6 is 0 Å². The molecule has 1 aromatic carbocycles. The van der Waals surface area contributed by atoms with Gasteiger partial charge in [-0.3, -0.25) is 9.59 Å². The van der Waals surface area contributed by atoms with Crippen LogP contribution in [0.4, 0.5) is 0 Å². The number of aryl methyl sites for hydroxylation is 1. The minimum absolute atomic E-state index is 0.240. The maximum atomic E-state index is 12.3. The summed E-state index contributed by atoms with van der Waals surface area (Å²) in [7, 11) is 3.29. The Labute approximate surface area is 123 Å². The van der Waals surface area contributed by atoms with Gasteiger partial charge in [0, 0.05) is 25.2 Å². The second-order valence-electron chi connectivity index (χ2n) is 4.91. The van der Waals surface area contributed by atoms with Crippen molar-refractivity contribution in [2.24, 2.45) is 0 Å². The molecule has 1 heterocycles. The summed E-state index contributed by atoms with van der Waals surface area (Å²) < 4.78 is 5.31. The highest BCUT2D eigenvalue weighted by Crippen LogP contribution is 2.21. The second kappa shape index (κ2) is 6.26. The van der Waals surface area contributed by atoms with Crippen LogP contribution in [0.25, 0.3) is 0 Å². The van der Waals surface area contributed by atoms with E-state index in [1.165, 1.54) is 6.07 Å². The van der Waals surface area contributed by atoms with Gasteiger partial charge in [0.1, 0.15) is 11.4 Å². The molecule has 0 bridgehead atoms. The molecule has 0 unspecified atom stereocenters. The Morgan fingerprint density at radius 3 is 2.71 bits per heavy atom. The highest BCUT2D eigenvalue weighted by Gasteiger charge is 2.14. The second-order valence-corrected chi connectivity index (χ2v) is 4.91. The van der Waals surface area contributed by atoms with Gasteiger partial charge in [0.05, 0.1) is 7.11 Å². The smallest absolute Gasteiger partial charge is 0.270 e. The number of H-pyrrole nitrogens is 1. The van der Waals surface area contributed by atoms with Crippen molar-refractivity contribution in [2.75, 3.05) is 14.2 Å². The fourth-order valence-electron chi connectivity index (χ4n) is 2.14. The number of nitrogens with one attached hydrogen (secondary N) is 1. The lowest BCUT2D eigenvalue weighted by Crippen LogP contribution is -2.28. The number of carbonyl (C=O) groups is 1. The van der Waals surface area contributed by atoms with Crippen LogP contribution in [0.2, 0.25) is 0 Å². The van der Waals surface area contributed by atoms with Gasteiger partial charge < -0.3 is 14.6 Å². The molecule has 0 fully saturated rings. The number of rotatable bonds is 4. The van der Waals surface area contributed by atoms with Crippen LogP contribution in [-0.2, 0) is 6.54 Å². The molecule has 0 aliphatic heterocycles. The molecule has 0 aliphatic carbocycles. The van der Waals surface area contributed by atoms with E-state index in [0.717, 1.165) is 16.9 Å². The molecule has 21 heavy (non-hydrogen) atoms. The van der Waals surface area contributed by atoms with Crippen LogP contribution < -0.4 is 10.3 Å². The van der Waals surface area contributed by atoms with Crippen LogP contribution in [-0.4, -0.2) is 29.9 Å². The number of methoxy groups -OCH3 is 1. The Morgan fingerprint density at radius 1 is 1.29 bits per heavy atom. The van der Waals surface area contributed by atoms with E-state index in [9.17, 15) is 9.59 Å². The molecule has 0 aliphatic rings. The third kappa shape index (κ3) is 3.51. The minimum atomic E-state index is -0.289. The van der Waals surface area contributed by atoms with Crippen LogP contribution in [0.3, 0.4) is 0 Å². The molecule has 1 N–H and O–H groups in total. The zero-order chi connectivity index (χ0) is 15.4. The monoisotopic (exact) mass is 286 g/mol. The van der Waals surface area contributed by atoms with E-state index in [2.05, 4.69) is 4.98 Å². The van der Waals surface area contributed by atoms with Gasteiger partial charge in [-0.2, -0.15) is 0 Å². The number of benzene rings is 1. The summed E-state index contributed by atoms with van der Waals surface area (Å²) in [4.78, 5) is 27.7. The largest absolute Gasteiger partial charge is 0.496 e. The average Bonchev–Trinajstić information content (AvgIpc) is 2.46.